The smallest absolute Gasteiger partial charge is 0.395 e. The quantitative estimate of drug-likeness (QED) is 0.824. The van der Waals surface area contributed by atoms with Crippen LogP contribution in [0.3, 0.4) is 0 Å². The van der Waals surface area contributed by atoms with Gasteiger partial charge in [0, 0.05) is 11.6 Å². The van der Waals surface area contributed by atoms with E-state index in [-0.39, 0.29) is 16.9 Å². The van der Waals surface area contributed by atoms with Crippen molar-refractivity contribution in [3.63, 3.8) is 0 Å². The van der Waals surface area contributed by atoms with Gasteiger partial charge in [0.1, 0.15) is 0 Å². The lowest BCUT2D eigenvalue weighted by Crippen LogP contribution is -2.28. The largest absolute Gasteiger partial charge is 0.586 e. The Morgan fingerprint density at radius 1 is 1.24 bits per heavy atom. The summed E-state index contributed by atoms with van der Waals surface area (Å²) in [5.74, 6) is 0.0760. The van der Waals surface area contributed by atoms with Crippen LogP contribution in [0.4, 0.5) is 8.78 Å². The molecule has 17 heavy (non-hydrogen) atoms. The summed E-state index contributed by atoms with van der Waals surface area (Å²) in [7, 11) is 0. The summed E-state index contributed by atoms with van der Waals surface area (Å²) < 4.78 is 34.9. The Labute approximate surface area is 98.5 Å². The molecule has 0 amide bonds. The lowest BCUT2D eigenvalue weighted by molar-refractivity contribution is -0.287. The van der Waals surface area contributed by atoms with Crippen LogP contribution in [-0.4, -0.2) is 6.29 Å². The zero-order valence-corrected chi connectivity index (χ0v) is 9.96. The Kier molecular flexibility index (Phi) is 2.54. The predicted molar refractivity (Wildman–Crippen MR) is 59.0 cm³/mol. The molecule has 0 bridgehead atoms. The molecule has 1 atom stereocenters. The first kappa shape index (κ1) is 12.1. The van der Waals surface area contributed by atoms with Gasteiger partial charge in [0.05, 0.1) is 0 Å². The summed E-state index contributed by atoms with van der Waals surface area (Å²) in [5, 5.41) is 0. The number of benzene rings is 1. The highest BCUT2D eigenvalue weighted by Gasteiger charge is 2.45. The Morgan fingerprint density at radius 2 is 1.88 bits per heavy atom. The summed E-state index contributed by atoms with van der Waals surface area (Å²) in [4.78, 5) is 0. The van der Waals surface area contributed by atoms with Crippen LogP contribution in [0.25, 0.3) is 0 Å². The van der Waals surface area contributed by atoms with E-state index in [1.165, 1.54) is 6.07 Å². The number of para-hydroxylation sites is 1. The molecule has 0 aromatic heterocycles. The molecule has 0 aliphatic carbocycles. The van der Waals surface area contributed by atoms with Gasteiger partial charge in [0.25, 0.3) is 0 Å². The minimum Gasteiger partial charge on any atom is -0.395 e. The number of halogens is 2. The van der Waals surface area contributed by atoms with Gasteiger partial charge in [-0.1, -0.05) is 32.9 Å². The highest BCUT2D eigenvalue weighted by atomic mass is 19.3. The van der Waals surface area contributed by atoms with Crippen LogP contribution in [0.5, 0.6) is 11.5 Å². The second-order valence-corrected chi connectivity index (χ2v) is 5.19. The number of rotatable bonds is 1. The van der Waals surface area contributed by atoms with Crippen molar-refractivity contribution < 1.29 is 18.3 Å². The molecule has 1 unspecified atom stereocenters. The number of ether oxygens (including phenoxy) is 2. The Morgan fingerprint density at radius 3 is 2.47 bits per heavy atom. The summed E-state index contributed by atoms with van der Waals surface area (Å²) in [6.07, 6.45) is -3.60. The van der Waals surface area contributed by atoms with Gasteiger partial charge < -0.3 is 15.2 Å². The maximum Gasteiger partial charge on any atom is 0.586 e. The van der Waals surface area contributed by atoms with E-state index < -0.39 is 12.3 Å². The van der Waals surface area contributed by atoms with Crippen LogP contribution < -0.4 is 15.2 Å². The summed E-state index contributed by atoms with van der Waals surface area (Å²) in [6, 6.07) is 4.34. The van der Waals surface area contributed by atoms with Crippen molar-refractivity contribution in [2.24, 2.45) is 11.1 Å². The molecular weight excluding hydrogens is 228 g/mol. The molecule has 0 radical (unpaired) electrons. The zero-order valence-electron chi connectivity index (χ0n) is 9.96. The Hall–Kier alpha value is -1.36. The molecular formula is C12H15F2NO2. The van der Waals surface area contributed by atoms with Gasteiger partial charge in [0.15, 0.2) is 11.5 Å². The first-order valence-electron chi connectivity index (χ1n) is 5.35. The van der Waals surface area contributed by atoms with Crippen molar-refractivity contribution in [1.82, 2.24) is 0 Å². The maximum absolute atomic E-state index is 13.0. The van der Waals surface area contributed by atoms with E-state index in [9.17, 15) is 8.78 Å². The van der Waals surface area contributed by atoms with Crippen LogP contribution in [0.2, 0.25) is 0 Å². The molecule has 1 aromatic carbocycles. The third-order valence-corrected chi connectivity index (χ3v) is 2.73. The number of hydrogen-bond donors (Lipinski definition) is 1. The van der Waals surface area contributed by atoms with Crippen LogP contribution in [-0.2, 0) is 0 Å². The van der Waals surface area contributed by atoms with Crippen molar-refractivity contribution in [2.75, 3.05) is 0 Å². The van der Waals surface area contributed by atoms with E-state index in [0.29, 0.717) is 5.56 Å². The molecule has 0 spiro atoms. The lowest BCUT2D eigenvalue weighted by Gasteiger charge is -2.27. The molecule has 0 saturated carbocycles. The standard InChI is InChI=1S/C12H15F2NO2/c1-11(2,3)10(15)7-5-4-6-8-9(7)17-12(13,14)16-8/h4-6,10H,15H2,1-3H3. The van der Waals surface area contributed by atoms with E-state index in [4.69, 9.17) is 5.73 Å². The van der Waals surface area contributed by atoms with Gasteiger partial charge in [-0.2, -0.15) is 0 Å². The van der Waals surface area contributed by atoms with Gasteiger partial charge in [0.2, 0.25) is 0 Å². The summed E-state index contributed by atoms with van der Waals surface area (Å²) in [5.41, 5.74) is 6.33. The SMILES string of the molecule is CC(C)(C)C(N)c1cccc2c1OC(F)(F)O2. The molecule has 2 rings (SSSR count). The van der Waals surface area contributed by atoms with E-state index in [2.05, 4.69) is 9.47 Å². The first-order chi connectivity index (χ1) is 7.71. The molecule has 5 heteroatoms. The minimum atomic E-state index is -3.60. The second kappa shape index (κ2) is 3.57. The topological polar surface area (TPSA) is 44.5 Å². The third kappa shape index (κ3) is 2.20. The second-order valence-electron chi connectivity index (χ2n) is 5.19. The van der Waals surface area contributed by atoms with Crippen LogP contribution in [0.1, 0.15) is 32.4 Å². The van der Waals surface area contributed by atoms with Crippen molar-refractivity contribution in [3.8, 4) is 11.5 Å². The van der Waals surface area contributed by atoms with Gasteiger partial charge in [-0.05, 0) is 11.5 Å². The van der Waals surface area contributed by atoms with E-state index in [0.717, 1.165) is 0 Å². The van der Waals surface area contributed by atoms with Crippen LogP contribution in [0.15, 0.2) is 18.2 Å². The molecule has 1 heterocycles. The minimum absolute atomic E-state index is 0.0344. The number of nitrogens with two attached hydrogens (primary N) is 1. The average Bonchev–Trinajstić information content (AvgIpc) is 2.48. The Balaban J connectivity index is 2.43. The van der Waals surface area contributed by atoms with Gasteiger partial charge in [-0.15, -0.1) is 8.78 Å². The average molecular weight is 243 g/mol. The highest BCUT2D eigenvalue weighted by Crippen LogP contribution is 2.47. The van der Waals surface area contributed by atoms with Crippen LogP contribution in [0, 0.1) is 5.41 Å². The number of alkyl halides is 2. The molecule has 1 aromatic rings. The molecule has 1 aliphatic rings. The molecule has 2 N–H and O–H groups in total. The number of fused-ring (bicyclic) bond motifs is 1. The van der Waals surface area contributed by atoms with Gasteiger partial charge in [-0.3, -0.25) is 0 Å². The van der Waals surface area contributed by atoms with Crippen molar-refractivity contribution in [3.05, 3.63) is 23.8 Å². The van der Waals surface area contributed by atoms with E-state index in [1.807, 2.05) is 20.8 Å². The van der Waals surface area contributed by atoms with Crippen LogP contribution >= 0.6 is 0 Å². The molecule has 3 nitrogen and oxygen atoms in total. The normalized spacial score (nSPS) is 19.2. The van der Waals surface area contributed by atoms with Crippen molar-refractivity contribution >= 4 is 0 Å². The van der Waals surface area contributed by atoms with Crippen molar-refractivity contribution in [2.45, 2.75) is 33.1 Å². The predicted octanol–water partition coefficient (Wildman–Crippen LogP) is 3.05. The fourth-order valence-electron chi connectivity index (χ4n) is 1.70. The molecule has 0 fully saturated rings. The van der Waals surface area contributed by atoms with E-state index in [1.54, 1.807) is 12.1 Å². The fraction of sp³-hybridized carbons (Fsp3) is 0.500. The highest BCUT2D eigenvalue weighted by molar-refractivity contribution is 5.50. The molecule has 0 saturated heterocycles. The van der Waals surface area contributed by atoms with Crippen molar-refractivity contribution in [1.29, 1.82) is 0 Å². The van der Waals surface area contributed by atoms with E-state index >= 15 is 0 Å². The zero-order chi connectivity index (χ0) is 12.8. The first-order valence-corrected chi connectivity index (χ1v) is 5.35. The fourth-order valence-corrected chi connectivity index (χ4v) is 1.70. The van der Waals surface area contributed by atoms with Gasteiger partial charge >= 0.3 is 6.29 Å². The summed E-state index contributed by atoms with van der Waals surface area (Å²) in [6.45, 7) is 5.81. The molecule has 1 aliphatic heterocycles. The third-order valence-electron chi connectivity index (χ3n) is 2.73. The number of hydrogen-bond acceptors (Lipinski definition) is 3. The Bertz CT molecular complexity index is 441. The summed E-state index contributed by atoms with van der Waals surface area (Å²) >= 11 is 0. The monoisotopic (exact) mass is 243 g/mol. The maximum atomic E-state index is 13.0. The lowest BCUT2D eigenvalue weighted by atomic mass is 9.82. The molecule has 94 valence electrons. The van der Waals surface area contributed by atoms with Gasteiger partial charge in [-0.25, -0.2) is 0 Å².